The highest BCUT2D eigenvalue weighted by Crippen LogP contribution is 2.38. The molecular weight excluding hydrogens is 563 g/mol. The molecule has 0 saturated carbocycles. The van der Waals surface area contributed by atoms with Crippen LogP contribution in [0, 0.1) is 17.1 Å². The molecule has 244 valence electrons. The molecular formula is C38H53FN4O2. The Morgan fingerprint density at radius 2 is 1.71 bits per heavy atom. The van der Waals surface area contributed by atoms with Crippen LogP contribution in [0.1, 0.15) is 56.0 Å². The van der Waals surface area contributed by atoms with Gasteiger partial charge in [-0.1, -0.05) is 80.8 Å². The molecule has 1 aliphatic rings. The molecule has 0 spiro atoms. The van der Waals surface area contributed by atoms with Gasteiger partial charge in [0.1, 0.15) is 5.82 Å². The maximum atomic E-state index is 14.3. The Kier molecular flexibility index (Phi) is 26.6. The van der Waals surface area contributed by atoms with E-state index in [-0.39, 0.29) is 24.9 Å². The zero-order chi connectivity index (χ0) is 34.5. The lowest BCUT2D eigenvalue weighted by atomic mass is 9.80. The summed E-state index contributed by atoms with van der Waals surface area (Å²) in [6.45, 7) is 19.7. The number of aliphatic hydroxyl groups excluding tert-OH is 1. The molecule has 0 fully saturated rings. The molecule has 2 aromatic carbocycles. The van der Waals surface area contributed by atoms with E-state index in [0.29, 0.717) is 22.6 Å². The molecule has 0 aromatic heterocycles. The Bertz CT molecular complexity index is 1250. The summed E-state index contributed by atoms with van der Waals surface area (Å²) in [6, 6.07) is 12.2. The maximum absolute atomic E-state index is 14.3. The number of aliphatic imine (C=N–C) groups is 1. The van der Waals surface area contributed by atoms with E-state index in [1.54, 1.807) is 49.5 Å². The lowest BCUT2D eigenvalue weighted by Crippen LogP contribution is -2.29. The average Bonchev–Trinajstić information content (AvgIpc) is 3.05. The molecule has 7 heteroatoms. The van der Waals surface area contributed by atoms with E-state index >= 15 is 0 Å². The standard InChI is InChI=1S/C22H24FNO2.C7H12N2.C4H8.C4H6.CH3N/c1-3-15-10-16(11-15)17-12-18(20-6-4-5-7-21(20)23)14-19(13-17)22(26)24(2)8-9-25;1-9-7-5-3-2-4-6-8;2*1-3-4-2;1-2/h4-7,10,12-15,25H,3,8-9,11H2,1-2H3;2-4,6H,1,5,7-8H2;3-4H,1-2H3;3-4H,1-2H2;2H,1H2/b;3-2-,6-4-;4-3-;;. The number of nitrogens with two attached hydrogens (primary N) is 1. The van der Waals surface area contributed by atoms with Crippen molar-refractivity contribution in [3.63, 3.8) is 0 Å². The van der Waals surface area contributed by atoms with E-state index in [9.17, 15) is 9.18 Å². The molecule has 1 aliphatic carbocycles. The largest absolute Gasteiger partial charge is 0.405 e. The first-order valence-corrected chi connectivity index (χ1v) is 14.9. The number of aliphatic hydroxyl groups is 1. The third-order valence-electron chi connectivity index (χ3n) is 6.27. The molecule has 0 aliphatic heterocycles. The van der Waals surface area contributed by atoms with Crippen LogP contribution in [0.5, 0.6) is 0 Å². The first-order valence-electron chi connectivity index (χ1n) is 14.9. The minimum Gasteiger partial charge on any atom is -0.405 e. The highest BCUT2D eigenvalue weighted by Gasteiger charge is 2.22. The number of amides is 1. The van der Waals surface area contributed by atoms with Crippen LogP contribution in [0.2, 0.25) is 0 Å². The number of allylic oxidation sites excluding steroid dienone is 8. The van der Waals surface area contributed by atoms with Crippen molar-refractivity contribution in [3.05, 3.63) is 127 Å². The third-order valence-corrected chi connectivity index (χ3v) is 6.27. The quantitative estimate of drug-likeness (QED) is 0.102. The fraction of sp³-hybridized carbons (Fsp3) is 0.289. The number of carbonyl (C=O) groups is 1. The van der Waals surface area contributed by atoms with E-state index in [0.717, 1.165) is 31.4 Å². The zero-order valence-corrected chi connectivity index (χ0v) is 27.6. The number of hydrogen-bond acceptors (Lipinski definition) is 5. The number of halogens is 1. The molecule has 0 bridgehead atoms. The second kappa shape index (κ2) is 28.2. The Labute approximate surface area is 271 Å². The van der Waals surface area contributed by atoms with Gasteiger partial charge in [-0.05, 0) is 106 Å². The number of benzene rings is 2. The van der Waals surface area contributed by atoms with Crippen molar-refractivity contribution in [2.45, 2.75) is 40.0 Å². The normalized spacial score (nSPS) is 12.8. The predicted octanol–water partition coefficient (Wildman–Crippen LogP) is 8.68. The second-order valence-electron chi connectivity index (χ2n) is 9.48. The second-order valence-corrected chi connectivity index (χ2v) is 9.48. The first kappa shape index (κ1) is 42.5. The third kappa shape index (κ3) is 17.9. The van der Waals surface area contributed by atoms with Gasteiger partial charge in [0, 0.05) is 31.3 Å². The van der Waals surface area contributed by atoms with Crippen molar-refractivity contribution in [2.75, 3.05) is 26.7 Å². The Hall–Kier alpha value is -4.62. The predicted molar refractivity (Wildman–Crippen MR) is 194 cm³/mol. The van der Waals surface area contributed by atoms with Gasteiger partial charge in [-0.3, -0.25) is 4.79 Å². The number of hydrogen-bond donors (Lipinski definition) is 3. The number of carbonyl (C=O) groups excluding carboxylic acids is 1. The molecule has 0 radical (unpaired) electrons. The summed E-state index contributed by atoms with van der Waals surface area (Å²) in [5.74, 6) is 0.101. The topological polar surface area (TPSA) is 103 Å². The van der Waals surface area contributed by atoms with Crippen molar-refractivity contribution in [1.82, 2.24) is 4.90 Å². The van der Waals surface area contributed by atoms with Gasteiger partial charge in [0.2, 0.25) is 0 Å². The van der Waals surface area contributed by atoms with Crippen molar-refractivity contribution < 1.29 is 14.3 Å². The van der Waals surface area contributed by atoms with E-state index in [4.69, 9.17) is 16.2 Å². The number of likely N-dealkylation sites (N-methyl/N-ethyl adjacent to an activating group) is 1. The molecule has 1 amide bonds. The zero-order valence-electron chi connectivity index (χ0n) is 27.6. The van der Waals surface area contributed by atoms with Crippen molar-refractivity contribution in [3.8, 4) is 11.1 Å². The summed E-state index contributed by atoms with van der Waals surface area (Å²) in [4.78, 5) is 17.9. The van der Waals surface area contributed by atoms with Gasteiger partial charge >= 0.3 is 0 Å². The number of nitrogens with zero attached hydrogens (tertiary/aromatic N) is 2. The van der Waals surface area contributed by atoms with Crippen LogP contribution in [-0.2, 0) is 0 Å². The fourth-order valence-electron chi connectivity index (χ4n) is 3.67. The fourth-order valence-corrected chi connectivity index (χ4v) is 3.67. The van der Waals surface area contributed by atoms with Gasteiger partial charge in [0.25, 0.3) is 5.91 Å². The van der Waals surface area contributed by atoms with Crippen LogP contribution in [0.25, 0.3) is 16.7 Å². The molecule has 3 rings (SSSR count). The van der Waals surface area contributed by atoms with Gasteiger partial charge in [0.05, 0.1) is 6.61 Å². The monoisotopic (exact) mass is 616 g/mol. The molecule has 1 unspecified atom stereocenters. The van der Waals surface area contributed by atoms with E-state index < -0.39 is 0 Å². The highest BCUT2D eigenvalue weighted by molar-refractivity contribution is 5.97. The summed E-state index contributed by atoms with van der Waals surface area (Å²) < 4.78 is 14.3. The number of nitrogens with one attached hydrogen (secondary N) is 1. The van der Waals surface area contributed by atoms with Crippen molar-refractivity contribution in [2.24, 2.45) is 16.6 Å². The van der Waals surface area contributed by atoms with Crippen molar-refractivity contribution >= 4 is 24.9 Å². The van der Waals surface area contributed by atoms with Gasteiger partial charge < -0.3 is 26.1 Å². The summed E-state index contributed by atoms with van der Waals surface area (Å²) in [6.07, 6.45) is 19.7. The van der Waals surface area contributed by atoms with Crippen molar-refractivity contribution in [1.29, 1.82) is 5.41 Å². The summed E-state index contributed by atoms with van der Waals surface area (Å²) >= 11 is 0. The lowest BCUT2D eigenvalue weighted by Gasteiger charge is -2.26. The smallest absolute Gasteiger partial charge is 0.253 e. The SMILES string of the molecule is C/C=C\C.C=CC=C.C=N.C=NCC/C=C\C=C/N.CCC1C=C(c2cc(C(=O)N(C)CCO)cc(-c3ccccc3F)c2)C1. The van der Waals surface area contributed by atoms with Gasteiger partial charge in [-0.15, -0.1) is 0 Å². The molecule has 0 saturated heterocycles. The Balaban J connectivity index is 0. The van der Waals surface area contributed by atoms with Gasteiger partial charge in [-0.25, -0.2) is 4.39 Å². The lowest BCUT2D eigenvalue weighted by molar-refractivity contribution is 0.0767. The minimum absolute atomic E-state index is 0.0918. The summed E-state index contributed by atoms with van der Waals surface area (Å²) in [5, 5.41) is 14.6. The van der Waals surface area contributed by atoms with Crippen LogP contribution in [0.4, 0.5) is 4.39 Å². The number of rotatable bonds is 11. The molecule has 4 N–H and O–H groups in total. The van der Waals surface area contributed by atoms with Crippen LogP contribution in [-0.4, -0.2) is 56.1 Å². The molecule has 2 aromatic rings. The maximum Gasteiger partial charge on any atom is 0.253 e. The van der Waals surface area contributed by atoms with Gasteiger partial charge in [0.15, 0.2) is 0 Å². The summed E-state index contributed by atoms with van der Waals surface area (Å²) in [7, 11) is 1.66. The van der Waals surface area contributed by atoms with Crippen LogP contribution in [0.15, 0.2) is 115 Å². The van der Waals surface area contributed by atoms with E-state index in [1.807, 2.05) is 50.3 Å². The highest BCUT2D eigenvalue weighted by atomic mass is 19.1. The molecule has 45 heavy (non-hydrogen) atoms. The molecule has 6 nitrogen and oxygen atoms in total. The Morgan fingerprint density at radius 3 is 2.20 bits per heavy atom. The minimum atomic E-state index is -0.305. The van der Waals surface area contributed by atoms with E-state index in [1.165, 1.54) is 22.7 Å². The van der Waals surface area contributed by atoms with E-state index in [2.05, 4.69) is 44.6 Å². The molecule has 0 heterocycles. The molecule has 1 atom stereocenters. The van der Waals surface area contributed by atoms with Crippen LogP contribution < -0.4 is 5.73 Å². The first-order chi connectivity index (χ1) is 21.8. The average molecular weight is 617 g/mol. The van der Waals surface area contributed by atoms with Crippen LogP contribution in [0.3, 0.4) is 0 Å². The Morgan fingerprint density at radius 1 is 1.11 bits per heavy atom. The van der Waals surface area contributed by atoms with Crippen LogP contribution >= 0.6 is 0 Å². The van der Waals surface area contributed by atoms with Gasteiger partial charge in [-0.2, -0.15) is 0 Å². The summed E-state index contributed by atoms with van der Waals surface area (Å²) in [5.41, 5.74) is 8.94.